The van der Waals surface area contributed by atoms with E-state index in [1.807, 2.05) is 0 Å². The van der Waals surface area contributed by atoms with Crippen LogP contribution in [0, 0.1) is 23.7 Å². The zero-order valence-electron chi connectivity index (χ0n) is 62.3. The third-order valence-electron chi connectivity index (χ3n) is 17.9. The van der Waals surface area contributed by atoms with Gasteiger partial charge in [-0.3, -0.25) is 37.3 Å². The number of unbranched alkanes of at least 4 members (excludes halogenated alkanes) is 38. The first kappa shape index (κ1) is 93.1. The molecular weight excluding hydrogens is 1250 g/mol. The molecule has 0 heterocycles. The number of hydrogen-bond donors (Lipinski definition) is 3. The molecule has 17 nitrogen and oxygen atoms in total. The summed E-state index contributed by atoms with van der Waals surface area (Å²) in [6.45, 7) is 14.2. The first-order valence-corrected chi connectivity index (χ1v) is 42.2. The number of aliphatic hydroxyl groups excluding tert-OH is 1. The second-order valence-corrected chi connectivity index (χ2v) is 32.0. The fourth-order valence-corrected chi connectivity index (χ4v) is 13.1. The third-order valence-corrected chi connectivity index (χ3v) is 19.8. The molecule has 0 saturated heterocycles. The Morgan fingerprint density at radius 1 is 0.295 bits per heavy atom. The van der Waals surface area contributed by atoms with Gasteiger partial charge in [-0.15, -0.1) is 0 Å². The molecule has 564 valence electrons. The Kier molecular flexibility index (Phi) is 64.0. The normalized spacial score (nSPS) is 14.4. The molecule has 95 heavy (non-hydrogen) atoms. The fraction of sp³-hybridized carbons (Fsp3) is 0.947. The zero-order valence-corrected chi connectivity index (χ0v) is 64.1. The van der Waals surface area contributed by atoms with Gasteiger partial charge in [0.05, 0.1) is 26.4 Å². The summed E-state index contributed by atoms with van der Waals surface area (Å²) in [5.41, 5.74) is 0. The van der Waals surface area contributed by atoms with Gasteiger partial charge in [0.25, 0.3) is 0 Å². The number of hydrogen-bond acceptors (Lipinski definition) is 15. The van der Waals surface area contributed by atoms with Crippen molar-refractivity contribution in [1.29, 1.82) is 0 Å². The van der Waals surface area contributed by atoms with Crippen LogP contribution in [0.25, 0.3) is 0 Å². The number of carbonyl (C=O) groups is 4. The molecule has 0 saturated carbocycles. The molecule has 0 aromatic rings. The Bertz CT molecular complexity index is 1870. The Hall–Kier alpha value is -1.94. The zero-order chi connectivity index (χ0) is 70.3. The summed E-state index contributed by atoms with van der Waals surface area (Å²) in [7, 11) is -9.91. The van der Waals surface area contributed by atoms with Crippen LogP contribution in [-0.2, 0) is 65.4 Å². The van der Waals surface area contributed by atoms with E-state index in [1.165, 1.54) is 173 Å². The molecule has 0 aromatic carbocycles. The maximum atomic E-state index is 13.1. The van der Waals surface area contributed by atoms with Crippen molar-refractivity contribution in [3.8, 4) is 0 Å². The van der Waals surface area contributed by atoms with Gasteiger partial charge in [-0.05, 0) is 49.4 Å². The van der Waals surface area contributed by atoms with Crippen molar-refractivity contribution < 1.29 is 80.2 Å². The van der Waals surface area contributed by atoms with Gasteiger partial charge in [-0.25, -0.2) is 9.13 Å². The van der Waals surface area contributed by atoms with Gasteiger partial charge in [0.15, 0.2) is 12.2 Å². The van der Waals surface area contributed by atoms with E-state index in [2.05, 4.69) is 55.4 Å². The monoisotopic (exact) mass is 1400 g/mol. The average Bonchev–Trinajstić information content (AvgIpc) is 1.49. The maximum Gasteiger partial charge on any atom is 0.472 e. The molecule has 0 spiro atoms. The predicted molar refractivity (Wildman–Crippen MR) is 386 cm³/mol. The van der Waals surface area contributed by atoms with Crippen molar-refractivity contribution in [2.75, 3.05) is 39.6 Å². The third kappa shape index (κ3) is 69.0. The first-order valence-electron chi connectivity index (χ1n) is 39.2. The minimum absolute atomic E-state index is 0.106. The molecular formula is C76H148O17P2. The number of aliphatic hydroxyl groups is 1. The van der Waals surface area contributed by atoms with Crippen LogP contribution in [0.1, 0.15) is 383 Å². The summed E-state index contributed by atoms with van der Waals surface area (Å²) in [6, 6.07) is 0. The summed E-state index contributed by atoms with van der Waals surface area (Å²) in [5, 5.41) is 10.6. The van der Waals surface area contributed by atoms with Crippen LogP contribution < -0.4 is 0 Å². The molecule has 0 aromatic heterocycles. The quantitative estimate of drug-likeness (QED) is 0.0222. The first-order chi connectivity index (χ1) is 45.6. The van der Waals surface area contributed by atoms with Crippen LogP contribution in [0.5, 0.6) is 0 Å². The maximum absolute atomic E-state index is 13.1. The highest BCUT2D eigenvalue weighted by molar-refractivity contribution is 7.47. The summed E-state index contributed by atoms with van der Waals surface area (Å²) in [4.78, 5) is 72.8. The summed E-state index contributed by atoms with van der Waals surface area (Å²) in [6.07, 6.45) is 50.1. The molecule has 3 N–H and O–H groups in total. The lowest BCUT2D eigenvalue weighted by atomic mass is 10.00. The van der Waals surface area contributed by atoms with Crippen molar-refractivity contribution in [3.05, 3.63) is 0 Å². The summed E-state index contributed by atoms with van der Waals surface area (Å²) in [5.74, 6) is 0.911. The van der Waals surface area contributed by atoms with E-state index in [1.54, 1.807) is 0 Å². The second kappa shape index (κ2) is 65.4. The standard InChI is InChI=1S/C76H148O17P2/c1-9-69(8)55-47-39-34-35-41-49-57-74(79)87-63-72(93-76(81)59-50-42-31-25-21-17-12-10-11-15-19-23-28-36-44-52-66(2)3)65-91-95(84,85)89-61-70(77)60-88-94(82,83)90-64-71(62-86-73(78)56-48-40-33-27-30-38-46-54-68(6)7)92-75(80)58-51-43-32-26-22-18-14-13-16-20-24-29-37-45-53-67(4)5/h66-72,77H,9-65H2,1-8H3,(H,82,83)(H,84,85)/t69?,70-,71-,72-/m1/s1. The van der Waals surface area contributed by atoms with Gasteiger partial charge in [0.2, 0.25) is 0 Å². The van der Waals surface area contributed by atoms with Gasteiger partial charge in [-0.2, -0.15) is 0 Å². The number of esters is 4. The SMILES string of the molecule is CCC(C)CCCCCCCCC(=O)OC[C@H](COP(=O)(O)OC[C@H](O)COP(=O)(O)OC[C@@H](COC(=O)CCCCCCCCCC(C)C)OC(=O)CCCCCCCCCCCCCCCCC(C)C)OC(=O)CCCCCCCCCCCCCCCCCC(C)C. The van der Waals surface area contributed by atoms with Gasteiger partial charge in [0, 0.05) is 25.7 Å². The second-order valence-electron chi connectivity index (χ2n) is 29.1. The summed E-state index contributed by atoms with van der Waals surface area (Å²) >= 11 is 0. The Morgan fingerprint density at radius 3 is 0.747 bits per heavy atom. The van der Waals surface area contributed by atoms with Crippen LogP contribution >= 0.6 is 15.6 Å². The predicted octanol–water partition coefficient (Wildman–Crippen LogP) is 22.0. The van der Waals surface area contributed by atoms with E-state index in [0.29, 0.717) is 31.6 Å². The van der Waals surface area contributed by atoms with Gasteiger partial charge >= 0.3 is 39.5 Å². The van der Waals surface area contributed by atoms with E-state index in [0.717, 1.165) is 120 Å². The van der Waals surface area contributed by atoms with E-state index in [-0.39, 0.29) is 25.7 Å². The van der Waals surface area contributed by atoms with Gasteiger partial charge in [0.1, 0.15) is 19.3 Å². The molecule has 0 rings (SSSR count). The van der Waals surface area contributed by atoms with E-state index < -0.39 is 97.5 Å². The smallest absolute Gasteiger partial charge is 0.462 e. The summed E-state index contributed by atoms with van der Waals surface area (Å²) < 4.78 is 68.5. The van der Waals surface area contributed by atoms with Gasteiger partial charge in [-0.1, -0.05) is 331 Å². The Morgan fingerprint density at radius 2 is 0.505 bits per heavy atom. The van der Waals surface area contributed by atoms with Crippen molar-refractivity contribution in [2.24, 2.45) is 23.7 Å². The molecule has 0 aliphatic carbocycles. The average molecular weight is 1400 g/mol. The van der Waals surface area contributed by atoms with Crippen molar-refractivity contribution in [3.63, 3.8) is 0 Å². The lowest BCUT2D eigenvalue weighted by molar-refractivity contribution is -0.161. The lowest BCUT2D eigenvalue weighted by Crippen LogP contribution is -2.30. The highest BCUT2D eigenvalue weighted by atomic mass is 31.2. The molecule has 0 amide bonds. The van der Waals surface area contributed by atoms with Gasteiger partial charge < -0.3 is 33.8 Å². The topological polar surface area (TPSA) is 237 Å². The van der Waals surface area contributed by atoms with E-state index in [4.69, 9.17) is 37.0 Å². The minimum Gasteiger partial charge on any atom is -0.462 e. The van der Waals surface area contributed by atoms with Crippen LogP contribution in [0.15, 0.2) is 0 Å². The number of carbonyl (C=O) groups excluding carboxylic acids is 4. The molecule has 19 heteroatoms. The van der Waals surface area contributed by atoms with Crippen molar-refractivity contribution in [2.45, 2.75) is 401 Å². The number of phosphoric acid groups is 2. The molecule has 3 unspecified atom stereocenters. The molecule has 0 aliphatic rings. The number of ether oxygens (including phenoxy) is 4. The van der Waals surface area contributed by atoms with E-state index >= 15 is 0 Å². The van der Waals surface area contributed by atoms with Crippen LogP contribution in [-0.4, -0.2) is 96.7 Å². The van der Waals surface area contributed by atoms with Crippen LogP contribution in [0.4, 0.5) is 0 Å². The Labute approximate surface area is 581 Å². The number of rotatable bonds is 73. The highest BCUT2D eigenvalue weighted by Crippen LogP contribution is 2.45. The van der Waals surface area contributed by atoms with E-state index in [9.17, 15) is 43.2 Å². The molecule has 6 atom stereocenters. The van der Waals surface area contributed by atoms with Crippen molar-refractivity contribution >= 4 is 39.5 Å². The fourth-order valence-electron chi connectivity index (χ4n) is 11.5. The number of phosphoric ester groups is 2. The molecule has 0 bridgehead atoms. The molecule has 0 radical (unpaired) electrons. The minimum atomic E-state index is -4.96. The highest BCUT2D eigenvalue weighted by Gasteiger charge is 2.30. The largest absolute Gasteiger partial charge is 0.472 e. The van der Waals surface area contributed by atoms with Crippen LogP contribution in [0.3, 0.4) is 0 Å². The lowest BCUT2D eigenvalue weighted by Gasteiger charge is -2.21. The Balaban J connectivity index is 5.21. The van der Waals surface area contributed by atoms with Crippen LogP contribution in [0.2, 0.25) is 0 Å². The van der Waals surface area contributed by atoms with Crippen molar-refractivity contribution in [1.82, 2.24) is 0 Å². The molecule has 0 aliphatic heterocycles. The molecule has 0 fully saturated rings.